The Balaban J connectivity index is 1.70. The van der Waals surface area contributed by atoms with Gasteiger partial charge in [0.25, 0.3) is 5.91 Å². The predicted molar refractivity (Wildman–Crippen MR) is 105 cm³/mol. The molecule has 142 valence electrons. The molecule has 0 aliphatic carbocycles. The summed E-state index contributed by atoms with van der Waals surface area (Å²) < 4.78 is 0. The van der Waals surface area contributed by atoms with Gasteiger partial charge in [0.2, 0.25) is 0 Å². The summed E-state index contributed by atoms with van der Waals surface area (Å²) in [7, 11) is 0. The van der Waals surface area contributed by atoms with Crippen molar-refractivity contribution in [3.8, 4) is 22.4 Å². The van der Waals surface area contributed by atoms with Crippen molar-refractivity contribution >= 4 is 11.7 Å². The second-order valence-corrected chi connectivity index (χ2v) is 6.75. The fourth-order valence-corrected chi connectivity index (χ4v) is 3.34. The molecule has 1 amide bonds. The third-order valence-corrected chi connectivity index (χ3v) is 4.84. The molecule has 0 saturated carbocycles. The Bertz CT molecular complexity index is 977. The number of amides is 1. The summed E-state index contributed by atoms with van der Waals surface area (Å²) in [5.41, 5.74) is 5.50. The van der Waals surface area contributed by atoms with Crippen LogP contribution in [0.25, 0.3) is 22.4 Å². The summed E-state index contributed by atoms with van der Waals surface area (Å²) in [6.07, 6.45) is 3.79. The number of anilines is 1. The number of hydrogen-bond donors (Lipinski definition) is 3. The summed E-state index contributed by atoms with van der Waals surface area (Å²) in [6, 6.07) is 15.0. The van der Waals surface area contributed by atoms with Crippen LogP contribution in [0.2, 0.25) is 0 Å². The van der Waals surface area contributed by atoms with Crippen molar-refractivity contribution in [3.63, 3.8) is 0 Å². The first-order valence-corrected chi connectivity index (χ1v) is 9.04. The van der Waals surface area contributed by atoms with E-state index in [1.807, 2.05) is 41.3 Å². The SMILES string of the molecule is O=C(NO)c1cc(-c2ccc(-c3cccnc3)cc2)nc(N2CCC(O)C2)c1. The normalized spacial score (nSPS) is 16.2. The van der Waals surface area contributed by atoms with Crippen molar-refractivity contribution < 1.29 is 15.1 Å². The van der Waals surface area contributed by atoms with Crippen molar-refractivity contribution in [1.29, 1.82) is 0 Å². The number of aliphatic hydroxyl groups is 1. The smallest absolute Gasteiger partial charge is 0.274 e. The van der Waals surface area contributed by atoms with Gasteiger partial charge in [-0.05, 0) is 35.7 Å². The highest BCUT2D eigenvalue weighted by Crippen LogP contribution is 2.27. The summed E-state index contributed by atoms with van der Waals surface area (Å²) in [5, 5.41) is 18.8. The van der Waals surface area contributed by atoms with Gasteiger partial charge >= 0.3 is 0 Å². The Morgan fingerprint density at radius 1 is 1.11 bits per heavy atom. The first-order chi connectivity index (χ1) is 13.6. The topological polar surface area (TPSA) is 98.6 Å². The van der Waals surface area contributed by atoms with E-state index in [2.05, 4.69) is 9.97 Å². The maximum Gasteiger partial charge on any atom is 0.274 e. The number of carbonyl (C=O) groups is 1. The number of hydroxylamine groups is 1. The Labute approximate surface area is 162 Å². The summed E-state index contributed by atoms with van der Waals surface area (Å²) in [6.45, 7) is 1.13. The van der Waals surface area contributed by atoms with Crippen LogP contribution < -0.4 is 10.4 Å². The summed E-state index contributed by atoms with van der Waals surface area (Å²) in [4.78, 5) is 22.8. The van der Waals surface area contributed by atoms with E-state index in [0.29, 0.717) is 36.6 Å². The fraction of sp³-hybridized carbons (Fsp3) is 0.190. The molecule has 1 fully saturated rings. The summed E-state index contributed by atoms with van der Waals surface area (Å²) >= 11 is 0. The lowest BCUT2D eigenvalue weighted by atomic mass is 10.0. The molecule has 1 unspecified atom stereocenters. The average Bonchev–Trinajstić information content (AvgIpc) is 3.20. The maximum atomic E-state index is 12.0. The molecule has 0 spiro atoms. The Hall–Kier alpha value is -3.29. The largest absolute Gasteiger partial charge is 0.391 e. The molecule has 3 heterocycles. The van der Waals surface area contributed by atoms with Crippen LogP contribution in [-0.2, 0) is 0 Å². The van der Waals surface area contributed by atoms with E-state index >= 15 is 0 Å². The van der Waals surface area contributed by atoms with E-state index < -0.39 is 12.0 Å². The zero-order valence-corrected chi connectivity index (χ0v) is 15.1. The van der Waals surface area contributed by atoms with Gasteiger partial charge in [0.15, 0.2) is 0 Å². The van der Waals surface area contributed by atoms with Gasteiger partial charge in [-0.15, -0.1) is 0 Å². The first kappa shape index (κ1) is 18.1. The number of benzene rings is 1. The van der Waals surface area contributed by atoms with Gasteiger partial charge in [0.1, 0.15) is 5.82 Å². The van der Waals surface area contributed by atoms with E-state index in [1.54, 1.807) is 30.0 Å². The van der Waals surface area contributed by atoms with Crippen LogP contribution in [0.4, 0.5) is 5.82 Å². The lowest BCUT2D eigenvalue weighted by molar-refractivity contribution is 0.0706. The second-order valence-electron chi connectivity index (χ2n) is 6.75. The van der Waals surface area contributed by atoms with Gasteiger partial charge in [-0.25, -0.2) is 10.5 Å². The standard InChI is InChI=1S/C21H20N4O3/c26-18-7-9-25(13-18)20-11-17(21(27)24-28)10-19(23-20)15-5-3-14(4-6-15)16-2-1-8-22-12-16/h1-6,8,10-12,18,26,28H,7,9,13H2,(H,24,27). The quantitative estimate of drug-likeness (QED) is 0.478. The van der Waals surface area contributed by atoms with Gasteiger partial charge in [-0.1, -0.05) is 30.3 Å². The molecule has 7 heteroatoms. The lowest BCUT2D eigenvalue weighted by Crippen LogP contribution is -2.24. The molecule has 1 aromatic carbocycles. The molecule has 1 aliphatic heterocycles. The summed E-state index contributed by atoms with van der Waals surface area (Å²) in [5.74, 6) is 0.000566. The Morgan fingerprint density at radius 3 is 2.54 bits per heavy atom. The fourth-order valence-electron chi connectivity index (χ4n) is 3.34. The molecule has 3 N–H and O–H groups in total. The number of rotatable bonds is 4. The monoisotopic (exact) mass is 376 g/mol. The van der Waals surface area contributed by atoms with E-state index in [4.69, 9.17) is 5.21 Å². The van der Waals surface area contributed by atoms with Gasteiger partial charge in [-0.3, -0.25) is 15.0 Å². The third-order valence-electron chi connectivity index (χ3n) is 4.84. The highest BCUT2D eigenvalue weighted by molar-refractivity contribution is 5.95. The predicted octanol–water partition coefficient (Wildman–Crippen LogP) is 2.50. The van der Waals surface area contributed by atoms with Crippen molar-refractivity contribution in [2.45, 2.75) is 12.5 Å². The number of carbonyl (C=O) groups excluding carboxylic acids is 1. The van der Waals surface area contributed by atoms with Gasteiger partial charge in [0, 0.05) is 36.6 Å². The zero-order valence-electron chi connectivity index (χ0n) is 15.1. The molecule has 2 aromatic heterocycles. The average molecular weight is 376 g/mol. The Morgan fingerprint density at radius 2 is 1.89 bits per heavy atom. The number of β-amino-alcohol motifs (C(OH)–C–C–N with tert-alkyl or cyclic N) is 1. The Kier molecular flexibility index (Phi) is 5.01. The number of nitrogens with one attached hydrogen (secondary N) is 1. The number of aliphatic hydroxyl groups excluding tert-OH is 1. The van der Waals surface area contributed by atoms with Crippen LogP contribution in [0.15, 0.2) is 60.9 Å². The molecular formula is C21H20N4O3. The lowest BCUT2D eigenvalue weighted by Gasteiger charge is -2.18. The van der Waals surface area contributed by atoms with Crippen LogP contribution in [0.5, 0.6) is 0 Å². The van der Waals surface area contributed by atoms with Gasteiger partial charge in [0.05, 0.1) is 11.8 Å². The highest BCUT2D eigenvalue weighted by Gasteiger charge is 2.23. The number of hydrogen-bond acceptors (Lipinski definition) is 6. The van der Waals surface area contributed by atoms with E-state index in [1.165, 1.54) is 0 Å². The van der Waals surface area contributed by atoms with Crippen LogP contribution in [-0.4, -0.2) is 45.4 Å². The maximum absolute atomic E-state index is 12.0. The number of pyridine rings is 2. The molecule has 7 nitrogen and oxygen atoms in total. The highest BCUT2D eigenvalue weighted by atomic mass is 16.5. The minimum atomic E-state index is -0.600. The molecule has 1 atom stereocenters. The molecule has 0 bridgehead atoms. The number of nitrogens with zero attached hydrogens (tertiary/aromatic N) is 3. The van der Waals surface area contributed by atoms with Crippen LogP contribution in [0.3, 0.4) is 0 Å². The van der Waals surface area contributed by atoms with Crippen molar-refractivity contribution in [3.05, 3.63) is 66.5 Å². The van der Waals surface area contributed by atoms with Gasteiger partial charge < -0.3 is 10.0 Å². The molecular weight excluding hydrogens is 356 g/mol. The second kappa shape index (κ2) is 7.75. The third kappa shape index (κ3) is 3.71. The minimum absolute atomic E-state index is 0.306. The van der Waals surface area contributed by atoms with Crippen LogP contribution in [0, 0.1) is 0 Å². The molecule has 0 radical (unpaired) electrons. The first-order valence-electron chi connectivity index (χ1n) is 9.04. The molecule has 1 saturated heterocycles. The van der Waals surface area contributed by atoms with Crippen molar-refractivity contribution in [2.75, 3.05) is 18.0 Å². The van der Waals surface area contributed by atoms with Crippen molar-refractivity contribution in [2.24, 2.45) is 0 Å². The number of aromatic nitrogens is 2. The van der Waals surface area contributed by atoms with Crippen molar-refractivity contribution in [1.82, 2.24) is 15.4 Å². The molecule has 4 rings (SSSR count). The van der Waals surface area contributed by atoms with E-state index in [0.717, 1.165) is 16.7 Å². The van der Waals surface area contributed by atoms with Gasteiger partial charge in [-0.2, -0.15) is 0 Å². The zero-order chi connectivity index (χ0) is 19.5. The van der Waals surface area contributed by atoms with Crippen LogP contribution >= 0.6 is 0 Å². The molecule has 28 heavy (non-hydrogen) atoms. The minimum Gasteiger partial charge on any atom is -0.391 e. The van der Waals surface area contributed by atoms with Crippen LogP contribution in [0.1, 0.15) is 16.8 Å². The molecule has 1 aliphatic rings. The van der Waals surface area contributed by atoms with E-state index in [-0.39, 0.29) is 0 Å². The molecule has 3 aromatic rings. The van der Waals surface area contributed by atoms with E-state index in [9.17, 15) is 9.90 Å².